The molecule has 0 atom stereocenters. The minimum Gasteiger partial charge on any atom is -0.507 e. The van der Waals surface area contributed by atoms with Gasteiger partial charge in [-0.1, -0.05) is 40.9 Å². The molecule has 1 aliphatic rings. The number of hydrogen-bond donors (Lipinski definition) is 3. The lowest BCUT2D eigenvalue weighted by Gasteiger charge is -2.15. The number of hydrogen-bond acceptors (Lipinski definition) is 5. The predicted molar refractivity (Wildman–Crippen MR) is 111 cm³/mol. The van der Waals surface area contributed by atoms with Gasteiger partial charge in [-0.2, -0.15) is 0 Å². The summed E-state index contributed by atoms with van der Waals surface area (Å²) in [6.45, 7) is -0.552. The largest absolute Gasteiger partial charge is 0.507 e. The minimum absolute atomic E-state index is 0.0523. The monoisotopic (exact) mass is 460 g/mol. The first-order valence-corrected chi connectivity index (χ1v) is 10.1. The number of anilines is 1. The van der Waals surface area contributed by atoms with E-state index in [1.807, 2.05) is 0 Å². The van der Waals surface area contributed by atoms with Crippen molar-refractivity contribution >= 4 is 39.4 Å². The zero-order valence-corrected chi connectivity index (χ0v) is 17.2. The number of phenols is 1. The number of halogens is 1. The van der Waals surface area contributed by atoms with Gasteiger partial charge in [0.05, 0.1) is 11.3 Å². The lowest BCUT2D eigenvalue weighted by atomic mass is 10.1. The van der Waals surface area contributed by atoms with E-state index in [-0.39, 0.29) is 23.3 Å². The molecular formula is C21H21BrN2O5. The molecule has 1 fully saturated rings. The Hall–Kier alpha value is -2.87. The van der Waals surface area contributed by atoms with E-state index in [1.165, 1.54) is 12.1 Å². The fourth-order valence-electron chi connectivity index (χ4n) is 3.19. The van der Waals surface area contributed by atoms with Gasteiger partial charge in [-0.25, -0.2) is 4.79 Å². The molecule has 0 saturated heterocycles. The van der Waals surface area contributed by atoms with Gasteiger partial charge >= 0.3 is 5.97 Å². The van der Waals surface area contributed by atoms with Gasteiger partial charge in [0.2, 0.25) is 0 Å². The van der Waals surface area contributed by atoms with Crippen LogP contribution in [0.25, 0.3) is 0 Å². The van der Waals surface area contributed by atoms with Crippen molar-refractivity contribution in [2.75, 3.05) is 11.9 Å². The number of rotatable bonds is 6. The second-order valence-corrected chi connectivity index (χ2v) is 7.70. The third-order valence-corrected chi connectivity index (χ3v) is 5.14. The third-order valence-electron chi connectivity index (χ3n) is 4.65. The third kappa shape index (κ3) is 5.57. The summed E-state index contributed by atoms with van der Waals surface area (Å²) in [4.78, 5) is 36.9. The van der Waals surface area contributed by atoms with Gasteiger partial charge in [0.15, 0.2) is 6.61 Å². The molecule has 1 aliphatic carbocycles. The summed E-state index contributed by atoms with van der Waals surface area (Å²) in [5.41, 5.74) is 0.640. The van der Waals surface area contributed by atoms with Crippen LogP contribution in [0.1, 0.15) is 46.4 Å². The Morgan fingerprint density at radius 2 is 1.79 bits per heavy atom. The van der Waals surface area contributed by atoms with Crippen LogP contribution in [0, 0.1) is 0 Å². The quantitative estimate of drug-likeness (QED) is 0.570. The molecule has 0 heterocycles. The molecule has 0 aromatic heterocycles. The smallest absolute Gasteiger partial charge is 0.342 e. The van der Waals surface area contributed by atoms with Crippen molar-refractivity contribution in [2.45, 2.75) is 31.7 Å². The van der Waals surface area contributed by atoms with Crippen LogP contribution >= 0.6 is 15.9 Å². The number of benzene rings is 2. The van der Waals surface area contributed by atoms with Crippen molar-refractivity contribution < 1.29 is 24.2 Å². The van der Waals surface area contributed by atoms with Crippen LogP contribution in [0.4, 0.5) is 5.69 Å². The van der Waals surface area contributed by atoms with Crippen LogP contribution in [0.2, 0.25) is 0 Å². The molecule has 2 aromatic rings. The molecular weight excluding hydrogens is 440 g/mol. The van der Waals surface area contributed by atoms with Crippen molar-refractivity contribution in [3.8, 4) is 5.75 Å². The van der Waals surface area contributed by atoms with Gasteiger partial charge in [-0.3, -0.25) is 9.59 Å². The van der Waals surface area contributed by atoms with Crippen LogP contribution in [-0.4, -0.2) is 35.5 Å². The van der Waals surface area contributed by atoms with Gasteiger partial charge in [0.25, 0.3) is 11.8 Å². The number of ether oxygens (including phenoxy) is 1. The Labute approximate surface area is 176 Å². The number of para-hydroxylation sites is 1. The van der Waals surface area contributed by atoms with Crippen molar-refractivity contribution in [2.24, 2.45) is 0 Å². The first-order valence-electron chi connectivity index (χ1n) is 9.29. The van der Waals surface area contributed by atoms with Crippen molar-refractivity contribution in [3.63, 3.8) is 0 Å². The van der Waals surface area contributed by atoms with E-state index in [2.05, 4.69) is 26.6 Å². The highest BCUT2D eigenvalue weighted by Gasteiger charge is 2.20. The van der Waals surface area contributed by atoms with Gasteiger partial charge in [-0.15, -0.1) is 0 Å². The zero-order valence-electron chi connectivity index (χ0n) is 15.6. The minimum atomic E-state index is -0.828. The maximum Gasteiger partial charge on any atom is 0.342 e. The molecule has 29 heavy (non-hydrogen) atoms. The van der Waals surface area contributed by atoms with Crippen molar-refractivity contribution in [1.29, 1.82) is 0 Å². The lowest BCUT2D eigenvalue weighted by molar-refractivity contribution is -0.119. The number of esters is 1. The Balaban J connectivity index is 1.60. The van der Waals surface area contributed by atoms with E-state index in [0.29, 0.717) is 15.7 Å². The lowest BCUT2D eigenvalue weighted by Crippen LogP contribution is -2.33. The van der Waals surface area contributed by atoms with Gasteiger partial charge in [0, 0.05) is 10.5 Å². The second kappa shape index (κ2) is 9.56. The maximum atomic E-state index is 12.5. The summed E-state index contributed by atoms with van der Waals surface area (Å²) in [7, 11) is 0. The number of aromatic hydroxyl groups is 1. The molecule has 7 nitrogen and oxygen atoms in total. The molecule has 3 N–H and O–H groups in total. The summed E-state index contributed by atoms with van der Waals surface area (Å²) in [5, 5.41) is 15.3. The molecule has 0 unspecified atom stereocenters. The van der Waals surface area contributed by atoms with Gasteiger partial charge < -0.3 is 20.5 Å². The molecule has 0 radical (unpaired) electrons. The molecule has 1 saturated carbocycles. The number of carbonyl (C=O) groups excluding carboxylic acids is 3. The molecule has 152 valence electrons. The maximum absolute atomic E-state index is 12.5. The molecule has 3 rings (SSSR count). The summed E-state index contributed by atoms with van der Waals surface area (Å²) in [5.74, 6) is -1.91. The Kier molecular flexibility index (Phi) is 6.87. The predicted octanol–water partition coefficient (Wildman–Crippen LogP) is 3.62. The SMILES string of the molecule is O=C(COC(=O)c1cc(Br)ccc1O)Nc1ccccc1C(=O)NC1CCCC1. The summed E-state index contributed by atoms with van der Waals surface area (Å²) in [6.07, 6.45) is 4.11. The van der Waals surface area contributed by atoms with Crippen LogP contribution < -0.4 is 10.6 Å². The molecule has 0 bridgehead atoms. The average molecular weight is 461 g/mol. The topological polar surface area (TPSA) is 105 Å². The van der Waals surface area contributed by atoms with Crippen LogP contribution in [-0.2, 0) is 9.53 Å². The normalized spacial score (nSPS) is 13.7. The van der Waals surface area contributed by atoms with Crippen LogP contribution in [0.15, 0.2) is 46.9 Å². The van der Waals surface area contributed by atoms with Crippen molar-refractivity contribution in [3.05, 3.63) is 58.1 Å². The highest BCUT2D eigenvalue weighted by atomic mass is 79.9. The zero-order chi connectivity index (χ0) is 20.8. The number of carbonyl (C=O) groups is 3. The molecule has 8 heteroatoms. The Bertz CT molecular complexity index is 925. The van der Waals surface area contributed by atoms with E-state index in [0.717, 1.165) is 25.7 Å². The highest BCUT2D eigenvalue weighted by Crippen LogP contribution is 2.23. The van der Waals surface area contributed by atoms with E-state index in [4.69, 9.17) is 4.74 Å². The Morgan fingerprint density at radius 3 is 2.55 bits per heavy atom. The summed E-state index contributed by atoms with van der Waals surface area (Å²) >= 11 is 3.21. The average Bonchev–Trinajstić information content (AvgIpc) is 3.21. The Morgan fingerprint density at radius 1 is 1.07 bits per heavy atom. The fraction of sp³-hybridized carbons (Fsp3) is 0.286. The van der Waals surface area contributed by atoms with Crippen LogP contribution in [0.5, 0.6) is 5.75 Å². The van der Waals surface area contributed by atoms with E-state index < -0.39 is 18.5 Å². The number of phenolic OH excluding ortho intramolecular Hbond substituents is 1. The summed E-state index contributed by atoms with van der Waals surface area (Å²) < 4.78 is 5.57. The van der Waals surface area contributed by atoms with Crippen LogP contribution in [0.3, 0.4) is 0 Å². The molecule has 0 spiro atoms. The van der Waals surface area contributed by atoms with E-state index in [9.17, 15) is 19.5 Å². The standard InChI is InChI=1S/C21H21BrN2O5/c22-13-9-10-18(25)16(11-13)21(28)29-12-19(26)24-17-8-4-3-7-15(17)20(27)23-14-5-1-2-6-14/h3-4,7-11,14,25H,1-2,5-6,12H2,(H,23,27)(H,24,26). The summed E-state index contributed by atoms with van der Waals surface area (Å²) in [6, 6.07) is 11.1. The first-order chi connectivity index (χ1) is 13.9. The number of nitrogens with one attached hydrogen (secondary N) is 2. The van der Waals surface area contributed by atoms with Gasteiger partial charge in [0.1, 0.15) is 11.3 Å². The fourth-order valence-corrected chi connectivity index (χ4v) is 3.55. The van der Waals surface area contributed by atoms with Crippen molar-refractivity contribution in [1.82, 2.24) is 5.32 Å². The number of amides is 2. The molecule has 0 aliphatic heterocycles. The van der Waals surface area contributed by atoms with E-state index in [1.54, 1.807) is 30.3 Å². The first kappa shape index (κ1) is 20.9. The molecule has 2 amide bonds. The van der Waals surface area contributed by atoms with E-state index >= 15 is 0 Å². The second-order valence-electron chi connectivity index (χ2n) is 6.79. The molecule has 2 aromatic carbocycles. The van der Waals surface area contributed by atoms with Gasteiger partial charge in [-0.05, 0) is 43.2 Å². The highest BCUT2D eigenvalue weighted by molar-refractivity contribution is 9.10.